The van der Waals surface area contributed by atoms with Crippen molar-refractivity contribution in [1.29, 1.82) is 0 Å². The van der Waals surface area contributed by atoms with E-state index in [1.165, 1.54) is 29.8 Å². The third-order valence-electron chi connectivity index (χ3n) is 14.1. The Morgan fingerprint density at radius 1 is 0.674 bits per heavy atom. The molecule has 5 saturated heterocycles. The van der Waals surface area contributed by atoms with E-state index in [0.717, 1.165) is 16.7 Å². The Bertz CT molecular complexity index is 2830. The number of ketones is 1. The Labute approximate surface area is 505 Å². The number of rotatable bonds is 30. The van der Waals surface area contributed by atoms with Crippen molar-refractivity contribution in [3.05, 3.63) is 30.0 Å². The number of imide groups is 1. The van der Waals surface area contributed by atoms with E-state index in [0.29, 0.717) is 15.3 Å². The molecule has 5 fully saturated rings. The number of hydrogen-bond donors (Lipinski definition) is 6. The van der Waals surface area contributed by atoms with Gasteiger partial charge in [0.1, 0.15) is 99.8 Å². The Hall–Kier alpha value is -6.36. The average Bonchev–Trinajstić information content (AvgIpc) is 1.45. The highest BCUT2D eigenvalue weighted by molar-refractivity contribution is 8.01. The summed E-state index contributed by atoms with van der Waals surface area (Å²) in [6, 6.07) is 1.23. The molecule has 89 heavy (non-hydrogen) atoms. The number of amides is 6. The standard InChI is InChI=1S/C52H66F6N6O24S/c1-27(65)26-89-34-19-37(68)62(45(34)74)4-7-82-28-2-3-31-29(18-28)30(46(75)84-17-15-79-11-13-81-25-36(67)60-21-33-42(71)44(73)40-48(88-33)86-9-6-64(40)50(77)52(56,57)58)22-61(31)23-38(69)83-16-14-78-10-12-80-24-35(66)59-20-32-41(70)43(72)39-47(87-32)85-8-5-63(39)49(76)51(53,54)55/h2-3,18,22,32-34,39-44,47-48,70-73H,4-17,19-21,23-26H2,1H3,(H,59,66)(H,60,67)/t32-,33?,34?,39-,40-,41+,42+,43-,44-,47?,48?/m1/s1. The maximum atomic E-state index is 13.6. The second-order valence-electron chi connectivity index (χ2n) is 20.3. The third-order valence-corrected chi connectivity index (χ3v) is 15.4. The number of aromatic nitrogens is 1. The first-order chi connectivity index (χ1) is 42.2. The van der Waals surface area contributed by atoms with E-state index in [2.05, 4.69) is 10.6 Å². The van der Waals surface area contributed by atoms with Crippen molar-refractivity contribution < 1.29 is 142 Å². The molecule has 4 unspecified atom stereocenters. The molecular formula is C52H66F6N6O24S. The Morgan fingerprint density at radius 3 is 1.70 bits per heavy atom. The first-order valence-electron chi connectivity index (χ1n) is 27.6. The molecule has 5 aliphatic heterocycles. The molecule has 6 heterocycles. The molecule has 0 aliphatic carbocycles. The van der Waals surface area contributed by atoms with Crippen LogP contribution in [0, 0.1) is 0 Å². The van der Waals surface area contributed by atoms with Gasteiger partial charge in [0.2, 0.25) is 23.6 Å². The van der Waals surface area contributed by atoms with E-state index < -0.39 is 172 Å². The Kier molecular flexibility index (Phi) is 25.3. The molecule has 0 saturated carbocycles. The number of alkyl halides is 6. The van der Waals surface area contributed by atoms with Gasteiger partial charge in [-0.15, -0.1) is 11.8 Å². The SMILES string of the molecule is CC(=O)CSC1CC(=O)N(CCOc2ccc3c(c2)c(C(=O)OCCOCCOCC(=O)NCC2OC4OCCN(C(=O)C(F)(F)F)[C@@H]4[C@@H](O)[C@H]2O)cn3CC(=O)OCCOCCOCC(=O)NC[C@H]2OC3OCCN(C(=O)C(F)(F)F)[C@@H]3[C@@H](O)[C@H]2O)C1=O. The molecule has 0 radical (unpaired) electrons. The zero-order valence-corrected chi connectivity index (χ0v) is 48.2. The lowest BCUT2D eigenvalue weighted by atomic mass is 9.94. The van der Waals surface area contributed by atoms with Crippen molar-refractivity contribution in [2.75, 3.05) is 124 Å². The van der Waals surface area contributed by atoms with Gasteiger partial charge in [0.05, 0.1) is 76.0 Å². The zero-order valence-electron chi connectivity index (χ0n) is 47.4. The van der Waals surface area contributed by atoms with Crippen LogP contribution in [0.4, 0.5) is 26.3 Å². The molecule has 1 aromatic carbocycles. The number of Topliss-reactive ketones (excluding diaryl/α,β-unsaturated/α-hetero) is 1. The zero-order chi connectivity index (χ0) is 64.7. The molecule has 37 heteroatoms. The summed E-state index contributed by atoms with van der Waals surface area (Å²) < 4.78 is 140. The molecule has 0 spiro atoms. The van der Waals surface area contributed by atoms with Crippen molar-refractivity contribution >= 4 is 75.8 Å². The van der Waals surface area contributed by atoms with Crippen LogP contribution in [0.3, 0.4) is 0 Å². The lowest BCUT2D eigenvalue weighted by Crippen LogP contribution is -2.70. The smallest absolute Gasteiger partial charge is 0.471 e. The number of nitrogens with zero attached hydrogens (tertiary/aromatic N) is 4. The summed E-state index contributed by atoms with van der Waals surface area (Å²) >= 11 is 1.08. The Balaban J connectivity index is 0.818. The number of carbonyl (C=O) groups excluding carboxylic acids is 9. The van der Waals surface area contributed by atoms with Crippen molar-refractivity contribution in [2.45, 2.75) is 98.8 Å². The van der Waals surface area contributed by atoms with Gasteiger partial charge in [0, 0.05) is 49.7 Å². The van der Waals surface area contributed by atoms with Crippen LogP contribution in [-0.4, -0.2) is 296 Å². The van der Waals surface area contributed by atoms with Crippen LogP contribution >= 0.6 is 11.8 Å². The van der Waals surface area contributed by atoms with Crippen LogP contribution in [0.25, 0.3) is 10.9 Å². The Morgan fingerprint density at radius 2 is 1.18 bits per heavy atom. The molecule has 6 amide bonds. The molecule has 1 aromatic heterocycles. The molecular weight excluding hydrogens is 1240 g/mol. The normalized spacial score (nSPS) is 25.5. The minimum absolute atomic E-state index is 0.0193. The van der Waals surface area contributed by atoms with E-state index in [9.17, 15) is 89.9 Å². The fraction of sp³-hybridized carbons (Fsp3) is 0.673. The summed E-state index contributed by atoms with van der Waals surface area (Å²) in [5.41, 5.74) is 0.335. The summed E-state index contributed by atoms with van der Waals surface area (Å²) in [6.07, 6.45) is -22.4. The topological polar surface area (TPSA) is 375 Å². The van der Waals surface area contributed by atoms with E-state index in [1.807, 2.05) is 0 Å². The predicted octanol–water partition coefficient (Wildman–Crippen LogP) is -3.06. The molecule has 0 bridgehead atoms. The van der Waals surface area contributed by atoms with Gasteiger partial charge >= 0.3 is 36.1 Å². The van der Waals surface area contributed by atoms with Gasteiger partial charge in [-0.05, 0) is 25.1 Å². The van der Waals surface area contributed by atoms with Crippen LogP contribution in [0.1, 0.15) is 23.7 Å². The van der Waals surface area contributed by atoms with Gasteiger partial charge in [-0.25, -0.2) is 4.79 Å². The van der Waals surface area contributed by atoms with Gasteiger partial charge in [-0.1, -0.05) is 0 Å². The minimum atomic E-state index is -5.25. The number of thioether (sulfide) groups is 1. The number of nitrogens with one attached hydrogen (secondary N) is 2. The van der Waals surface area contributed by atoms with Crippen molar-refractivity contribution in [3.63, 3.8) is 0 Å². The lowest BCUT2D eigenvalue weighted by molar-refractivity contribution is -0.300. The molecule has 7 rings (SSSR count). The largest absolute Gasteiger partial charge is 0.492 e. The van der Waals surface area contributed by atoms with E-state index in [1.54, 1.807) is 6.07 Å². The summed E-state index contributed by atoms with van der Waals surface area (Å²) in [4.78, 5) is 114. The highest BCUT2D eigenvalue weighted by Crippen LogP contribution is 2.34. The highest BCUT2D eigenvalue weighted by Gasteiger charge is 2.57. The van der Waals surface area contributed by atoms with Gasteiger partial charge in [-0.2, -0.15) is 26.3 Å². The fourth-order valence-electron chi connectivity index (χ4n) is 9.86. The van der Waals surface area contributed by atoms with Gasteiger partial charge in [0.25, 0.3) is 0 Å². The molecule has 30 nitrogen and oxygen atoms in total. The number of morpholine rings is 2. The van der Waals surface area contributed by atoms with Crippen molar-refractivity contribution in [2.24, 2.45) is 0 Å². The molecule has 5 aliphatic rings. The van der Waals surface area contributed by atoms with Gasteiger partial charge in [-0.3, -0.25) is 43.3 Å². The number of hydrogen-bond acceptors (Lipinski definition) is 25. The summed E-state index contributed by atoms with van der Waals surface area (Å²) in [5, 5.41) is 46.7. The fourth-order valence-corrected chi connectivity index (χ4v) is 10.8. The molecule has 496 valence electrons. The second kappa shape index (κ2) is 32.1. The van der Waals surface area contributed by atoms with Crippen LogP contribution in [0.15, 0.2) is 24.4 Å². The summed E-state index contributed by atoms with van der Waals surface area (Å²) in [5.74, 6) is -8.24. The molecule has 6 N–H and O–H groups in total. The number of likely N-dealkylation sites (tertiary alicyclic amines) is 1. The summed E-state index contributed by atoms with van der Waals surface area (Å²) in [6.45, 7) is -4.04. The first-order valence-corrected chi connectivity index (χ1v) is 28.7. The van der Waals surface area contributed by atoms with E-state index in [-0.39, 0.29) is 114 Å². The number of carbonyl (C=O) groups is 9. The molecule has 2 aromatic rings. The van der Waals surface area contributed by atoms with E-state index in [4.69, 9.17) is 52.1 Å². The monoisotopic (exact) mass is 1300 g/mol. The van der Waals surface area contributed by atoms with Crippen LogP contribution in [0.5, 0.6) is 5.75 Å². The van der Waals surface area contributed by atoms with Gasteiger partial charge < -0.3 is 97.5 Å². The molecule has 11 atom stereocenters. The number of aliphatic hydroxyl groups excluding tert-OH is 4. The van der Waals surface area contributed by atoms with Crippen molar-refractivity contribution in [1.82, 2.24) is 29.9 Å². The third kappa shape index (κ3) is 18.9. The quantitative estimate of drug-likeness (QED) is 0.0196. The number of esters is 2. The van der Waals surface area contributed by atoms with Crippen LogP contribution in [0.2, 0.25) is 0 Å². The number of halogens is 6. The minimum Gasteiger partial charge on any atom is -0.492 e. The number of fused-ring (bicyclic) bond motifs is 3. The number of benzene rings is 1. The lowest BCUT2D eigenvalue weighted by Gasteiger charge is -2.49. The van der Waals surface area contributed by atoms with Gasteiger partial charge in [0.15, 0.2) is 12.6 Å². The van der Waals surface area contributed by atoms with Crippen molar-refractivity contribution in [3.8, 4) is 5.75 Å². The number of ether oxygens (including phenoxy) is 11. The summed E-state index contributed by atoms with van der Waals surface area (Å²) in [7, 11) is 0. The van der Waals surface area contributed by atoms with E-state index >= 15 is 0 Å². The number of aliphatic hydroxyl groups is 4. The van der Waals surface area contributed by atoms with Crippen LogP contribution in [-0.2, 0) is 92.3 Å². The van der Waals surface area contributed by atoms with Crippen LogP contribution < -0.4 is 15.4 Å². The first kappa shape index (κ1) is 70.1. The maximum absolute atomic E-state index is 13.6. The average molecular weight is 1310 g/mol. The predicted molar refractivity (Wildman–Crippen MR) is 283 cm³/mol. The second-order valence-corrected chi connectivity index (χ2v) is 21.5. The maximum Gasteiger partial charge on any atom is 0.471 e. The highest BCUT2D eigenvalue weighted by atomic mass is 32.2.